The van der Waals surface area contributed by atoms with Gasteiger partial charge in [-0.3, -0.25) is 14.7 Å². The molecule has 1 saturated heterocycles. The van der Waals surface area contributed by atoms with Crippen LogP contribution in [0.3, 0.4) is 0 Å². The molecule has 0 aliphatic carbocycles. The van der Waals surface area contributed by atoms with Crippen LogP contribution in [0.4, 0.5) is 4.39 Å². The number of hydrogen-bond donors (Lipinski definition) is 1. The van der Waals surface area contributed by atoms with Crippen LogP contribution >= 0.6 is 0 Å². The lowest BCUT2D eigenvalue weighted by molar-refractivity contribution is 0.0636. The van der Waals surface area contributed by atoms with Crippen molar-refractivity contribution < 1.29 is 9.18 Å². The van der Waals surface area contributed by atoms with Gasteiger partial charge in [-0.25, -0.2) is 4.39 Å². The summed E-state index contributed by atoms with van der Waals surface area (Å²) in [5.74, 6) is -0.825. The number of piperazine rings is 1. The highest BCUT2D eigenvalue weighted by atomic mass is 19.1. The molecule has 98 valence electrons. The predicted octanol–water partition coefficient (Wildman–Crippen LogP) is -0.0628. The maximum absolute atomic E-state index is 13.5. The van der Waals surface area contributed by atoms with E-state index in [1.54, 1.807) is 4.90 Å². The molecule has 0 radical (unpaired) electrons. The number of carbonyl (C=O) groups is 1. The summed E-state index contributed by atoms with van der Waals surface area (Å²) in [5.41, 5.74) is 5.58. The fourth-order valence-electron chi connectivity index (χ4n) is 2.08. The van der Waals surface area contributed by atoms with Crippen LogP contribution in [0.2, 0.25) is 0 Å². The van der Waals surface area contributed by atoms with Crippen LogP contribution in [0.1, 0.15) is 10.4 Å². The van der Waals surface area contributed by atoms with Gasteiger partial charge in [-0.05, 0) is 6.07 Å². The average Bonchev–Trinajstić information content (AvgIpc) is 2.40. The minimum absolute atomic E-state index is 0.0947. The van der Waals surface area contributed by atoms with Gasteiger partial charge in [0.2, 0.25) is 0 Å². The lowest BCUT2D eigenvalue weighted by atomic mass is 10.2. The molecule has 5 nitrogen and oxygen atoms in total. The van der Waals surface area contributed by atoms with E-state index in [2.05, 4.69) is 9.88 Å². The lowest BCUT2D eigenvalue weighted by Crippen LogP contribution is -2.49. The van der Waals surface area contributed by atoms with Crippen LogP contribution in [0.15, 0.2) is 18.5 Å². The predicted molar refractivity (Wildman–Crippen MR) is 65.6 cm³/mol. The molecule has 1 fully saturated rings. The molecule has 0 spiro atoms. The van der Waals surface area contributed by atoms with Crippen LogP contribution < -0.4 is 5.73 Å². The Morgan fingerprint density at radius 1 is 1.39 bits per heavy atom. The first kappa shape index (κ1) is 12.9. The first-order valence-corrected chi connectivity index (χ1v) is 6.03. The largest absolute Gasteiger partial charge is 0.336 e. The van der Waals surface area contributed by atoms with E-state index in [0.29, 0.717) is 19.6 Å². The third kappa shape index (κ3) is 2.83. The van der Waals surface area contributed by atoms with Gasteiger partial charge in [-0.15, -0.1) is 0 Å². The smallest absolute Gasteiger partial charge is 0.257 e. The van der Waals surface area contributed by atoms with Gasteiger partial charge in [0.05, 0.1) is 11.8 Å². The Morgan fingerprint density at radius 3 is 2.72 bits per heavy atom. The average molecular weight is 252 g/mol. The van der Waals surface area contributed by atoms with Crippen molar-refractivity contribution in [2.24, 2.45) is 5.73 Å². The molecule has 1 amide bonds. The zero-order valence-electron chi connectivity index (χ0n) is 10.2. The van der Waals surface area contributed by atoms with Crippen LogP contribution in [-0.4, -0.2) is 60.0 Å². The van der Waals surface area contributed by atoms with Crippen molar-refractivity contribution in [3.63, 3.8) is 0 Å². The summed E-state index contributed by atoms with van der Waals surface area (Å²) in [5, 5.41) is 0. The Bertz CT molecular complexity index is 418. The Kier molecular flexibility index (Phi) is 4.22. The number of pyridine rings is 1. The molecule has 2 rings (SSSR count). The second kappa shape index (κ2) is 5.88. The summed E-state index contributed by atoms with van der Waals surface area (Å²) in [6.07, 6.45) is 2.50. The molecular weight excluding hydrogens is 235 g/mol. The third-order valence-electron chi connectivity index (χ3n) is 3.11. The van der Waals surface area contributed by atoms with Crippen molar-refractivity contribution in [2.75, 3.05) is 39.3 Å². The van der Waals surface area contributed by atoms with Crippen LogP contribution in [-0.2, 0) is 0 Å². The molecule has 0 bridgehead atoms. The van der Waals surface area contributed by atoms with Crippen molar-refractivity contribution in [2.45, 2.75) is 0 Å². The van der Waals surface area contributed by atoms with E-state index in [0.717, 1.165) is 25.8 Å². The first-order valence-electron chi connectivity index (χ1n) is 6.03. The fraction of sp³-hybridized carbons (Fsp3) is 0.500. The molecule has 2 heterocycles. The normalized spacial score (nSPS) is 16.9. The highest BCUT2D eigenvalue weighted by molar-refractivity contribution is 5.94. The molecule has 1 aromatic heterocycles. The number of halogens is 1. The van der Waals surface area contributed by atoms with Crippen molar-refractivity contribution >= 4 is 5.91 Å². The van der Waals surface area contributed by atoms with Crippen LogP contribution in [0.25, 0.3) is 0 Å². The van der Waals surface area contributed by atoms with Gasteiger partial charge in [0.25, 0.3) is 5.91 Å². The number of carbonyl (C=O) groups excluding carboxylic acids is 1. The Labute approximate surface area is 105 Å². The quantitative estimate of drug-likeness (QED) is 0.818. The van der Waals surface area contributed by atoms with E-state index in [4.69, 9.17) is 5.73 Å². The molecule has 18 heavy (non-hydrogen) atoms. The Balaban J connectivity index is 1.98. The Hall–Kier alpha value is -1.53. The van der Waals surface area contributed by atoms with E-state index in [1.807, 2.05) is 0 Å². The topological polar surface area (TPSA) is 62.5 Å². The summed E-state index contributed by atoms with van der Waals surface area (Å²) in [6.45, 7) is 4.26. The zero-order chi connectivity index (χ0) is 13.0. The SMILES string of the molecule is NCCN1CCN(C(=O)c2ccncc2F)CC1. The van der Waals surface area contributed by atoms with E-state index < -0.39 is 5.82 Å². The van der Waals surface area contributed by atoms with Crippen molar-refractivity contribution in [1.29, 1.82) is 0 Å². The van der Waals surface area contributed by atoms with Gasteiger partial charge in [0, 0.05) is 45.5 Å². The van der Waals surface area contributed by atoms with Crippen molar-refractivity contribution in [3.05, 3.63) is 29.8 Å². The summed E-state index contributed by atoms with van der Waals surface area (Å²) >= 11 is 0. The van der Waals surface area contributed by atoms with Crippen LogP contribution in [0, 0.1) is 5.82 Å². The first-order chi connectivity index (χ1) is 8.72. The van der Waals surface area contributed by atoms with Crippen molar-refractivity contribution in [1.82, 2.24) is 14.8 Å². The third-order valence-corrected chi connectivity index (χ3v) is 3.11. The van der Waals surface area contributed by atoms with Gasteiger partial charge >= 0.3 is 0 Å². The number of aromatic nitrogens is 1. The van der Waals surface area contributed by atoms with E-state index in [-0.39, 0.29) is 11.5 Å². The summed E-state index contributed by atoms with van der Waals surface area (Å²) in [4.78, 5) is 19.6. The second-order valence-electron chi connectivity index (χ2n) is 4.28. The number of nitrogens with two attached hydrogens (primary N) is 1. The van der Waals surface area contributed by atoms with Gasteiger partial charge in [-0.1, -0.05) is 0 Å². The molecular formula is C12H17FN4O. The maximum atomic E-state index is 13.5. The molecule has 2 N–H and O–H groups in total. The molecule has 0 saturated carbocycles. The molecule has 0 atom stereocenters. The Morgan fingerprint density at radius 2 is 2.11 bits per heavy atom. The number of amides is 1. The van der Waals surface area contributed by atoms with Gasteiger partial charge < -0.3 is 10.6 Å². The highest BCUT2D eigenvalue weighted by Crippen LogP contribution is 2.11. The summed E-state index contributed by atoms with van der Waals surface area (Å²) in [6, 6.07) is 1.42. The van der Waals surface area contributed by atoms with Crippen molar-refractivity contribution in [3.8, 4) is 0 Å². The van der Waals surface area contributed by atoms with E-state index in [1.165, 1.54) is 12.3 Å². The van der Waals surface area contributed by atoms with Gasteiger partial charge in [0.15, 0.2) is 5.82 Å². The fourth-order valence-corrected chi connectivity index (χ4v) is 2.08. The molecule has 6 heteroatoms. The number of hydrogen-bond acceptors (Lipinski definition) is 4. The molecule has 0 aromatic carbocycles. The number of rotatable bonds is 3. The lowest BCUT2D eigenvalue weighted by Gasteiger charge is -2.34. The van der Waals surface area contributed by atoms with Crippen LogP contribution in [0.5, 0.6) is 0 Å². The summed E-state index contributed by atoms with van der Waals surface area (Å²) in [7, 11) is 0. The second-order valence-corrected chi connectivity index (χ2v) is 4.28. The minimum atomic E-state index is -0.563. The molecule has 1 aromatic rings. The molecule has 0 unspecified atom stereocenters. The van der Waals surface area contributed by atoms with E-state index in [9.17, 15) is 9.18 Å². The number of nitrogens with zero attached hydrogens (tertiary/aromatic N) is 3. The van der Waals surface area contributed by atoms with E-state index >= 15 is 0 Å². The summed E-state index contributed by atoms with van der Waals surface area (Å²) < 4.78 is 13.5. The highest BCUT2D eigenvalue weighted by Gasteiger charge is 2.23. The minimum Gasteiger partial charge on any atom is -0.336 e. The molecule has 1 aliphatic heterocycles. The zero-order valence-corrected chi connectivity index (χ0v) is 10.2. The monoisotopic (exact) mass is 252 g/mol. The van der Waals surface area contributed by atoms with Gasteiger partial charge in [0.1, 0.15) is 0 Å². The van der Waals surface area contributed by atoms with Gasteiger partial charge in [-0.2, -0.15) is 0 Å². The maximum Gasteiger partial charge on any atom is 0.257 e. The standard InChI is InChI=1S/C12H17FN4O/c13-11-9-15-3-1-10(11)12(18)17-7-5-16(4-2-14)6-8-17/h1,3,9H,2,4-8,14H2. The molecule has 1 aliphatic rings.